The van der Waals surface area contributed by atoms with E-state index in [2.05, 4.69) is 36.5 Å². The molecule has 0 radical (unpaired) electrons. The van der Waals surface area contributed by atoms with Crippen LogP contribution in [0.4, 0.5) is 0 Å². The normalized spacial score (nSPS) is 14.4. The molecular formula is C33H40N2O3S. The van der Waals surface area contributed by atoms with E-state index in [1.54, 1.807) is 23.8 Å². The minimum absolute atomic E-state index is 0.0327. The van der Waals surface area contributed by atoms with Crippen molar-refractivity contribution in [2.24, 2.45) is 0 Å². The second-order valence-corrected chi connectivity index (χ2v) is 11.4. The quantitative estimate of drug-likeness (QED) is 0.290. The zero-order chi connectivity index (χ0) is 27.5. The number of carbonyl (C=O) groups is 2. The van der Waals surface area contributed by atoms with Crippen molar-refractivity contribution in [1.82, 2.24) is 10.2 Å². The zero-order valence-electron chi connectivity index (χ0n) is 23.1. The lowest BCUT2D eigenvalue weighted by Crippen LogP contribution is -2.53. The number of benzene rings is 3. The Morgan fingerprint density at radius 3 is 2.36 bits per heavy atom. The third-order valence-electron chi connectivity index (χ3n) is 7.32. The molecule has 39 heavy (non-hydrogen) atoms. The van der Waals surface area contributed by atoms with Crippen molar-refractivity contribution in [2.75, 3.05) is 12.9 Å². The predicted molar refractivity (Wildman–Crippen MR) is 160 cm³/mol. The van der Waals surface area contributed by atoms with Gasteiger partial charge in [0.05, 0.1) is 12.9 Å². The second kappa shape index (κ2) is 14.8. The molecule has 5 nitrogen and oxygen atoms in total. The molecule has 3 aromatic rings. The third-order valence-corrected chi connectivity index (χ3v) is 8.31. The molecule has 0 aromatic heterocycles. The molecule has 1 atom stereocenters. The van der Waals surface area contributed by atoms with Crippen molar-refractivity contribution in [3.63, 3.8) is 0 Å². The Labute approximate surface area is 237 Å². The Bertz CT molecular complexity index is 1190. The Morgan fingerprint density at radius 1 is 0.923 bits per heavy atom. The standard InChI is InChI=1S/C33H40N2O3S/c1-25-16-18-27(19-17-25)23-39-24-32(36)35(22-28-12-9-15-30(20-28)38-2)31(21-26-10-5-3-6-11-26)33(37)34-29-13-7-4-8-14-29/h3,5-6,9-12,15-20,29,31H,4,7-8,13-14,21-24H2,1-2H3,(H,34,37)/t31-/m1/s1. The number of rotatable bonds is 12. The summed E-state index contributed by atoms with van der Waals surface area (Å²) >= 11 is 1.59. The Balaban J connectivity index is 1.57. The summed E-state index contributed by atoms with van der Waals surface area (Å²) in [6.45, 7) is 2.42. The summed E-state index contributed by atoms with van der Waals surface area (Å²) in [6.07, 6.45) is 5.96. The lowest BCUT2D eigenvalue weighted by atomic mass is 9.94. The topological polar surface area (TPSA) is 58.6 Å². The van der Waals surface area contributed by atoms with Crippen LogP contribution in [0.5, 0.6) is 5.75 Å². The van der Waals surface area contributed by atoms with Gasteiger partial charge in [0.1, 0.15) is 11.8 Å². The second-order valence-electron chi connectivity index (χ2n) is 10.4. The number of thioether (sulfide) groups is 1. The molecule has 0 saturated heterocycles. The first-order chi connectivity index (χ1) is 19.0. The van der Waals surface area contributed by atoms with Crippen LogP contribution >= 0.6 is 11.8 Å². The third kappa shape index (κ3) is 8.89. The van der Waals surface area contributed by atoms with Gasteiger partial charge in [0, 0.05) is 24.8 Å². The SMILES string of the molecule is COc1cccc(CN(C(=O)CSCc2ccc(C)cc2)[C@H](Cc2ccccc2)C(=O)NC2CCCCC2)c1. The van der Waals surface area contributed by atoms with Gasteiger partial charge in [0.2, 0.25) is 11.8 Å². The van der Waals surface area contributed by atoms with Crippen LogP contribution < -0.4 is 10.1 Å². The molecule has 0 bridgehead atoms. The van der Waals surface area contributed by atoms with Crippen LogP contribution in [-0.4, -0.2) is 41.7 Å². The summed E-state index contributed by atoms with van der Waals surface area (Å²) in [5.74, 6) is 1.69. The fraction of sp³-hybridized carbons (Fsp3) is 0.394. The van der Waals surface area contributed by atoms with E-state index in [1.165, 1.54) is 17.5 Å². The molecule has 2 amide bonds. The maximum Gasteiger partial charge on any atom is 0.243 e. The van der Waals surface area contributed by atoms with Crippen molar-refractivity contribution in [2.45, 2.75) is 69.8 Å². The number of aryl methyl sites for hydroxylation is 1. The van der Waals surface area contributed by atoms with Gasteiger partial charge in [0.25, 0.3) is 0 Å². The highest BCUT2D eigenvalue weighted by molar-refractivity contribution is 7.99. The first kappa shape index (κ1) is 28.8. The van der Waals surface area contributed by atoms with Crippen molar-refractivity contribution < 1.29 is 14.3 Å². The lowest BCUT2D eigenvalue weighted by molar-refractivity contribution is -0.139. The van der Waals surface area contributed by atoms with Gasteiger partial charge in [-0.15, -0.1) is 11.8 Å². The number of methoxy groups -OCH3 is 1. The van der Waals surface area contributed by atoms with E-state index in [-0.39, 0.29) is 17.9 Å². The highest BCUT2D eigenvalue weighted by atomic mass is 32.2. The fourth-order valence-corrected chi connectivity index (χ4v) is 5.96. The molecule has 206 valence electrons. The van der Waals surface area contributed by atoms with E-state index in [0.717, 1.165) is 48.3 Å². The minimum atomic E-state index is -0.604. The number of nitrogens with one attached hydrogen (secondary N) is 1. The molecule has 1 saturated carbocycles. The molecule has 1 aliphatic rings. The van der Waals surface area contributed by atoms with Gasteiger partial charge < -0.3 is 15.0 Å². The fourth-order valence-electron chi connectivity index (χ4n) is 5.09. The van der Waals surface area contributed by atoms with E-state index >= 15 is 0 Å². The summed E-state index contributed by atoms with van der Waals surface area (Å²) in [6, 6.07) is 25.7. The van der Waals surface area contributed by atoms with Crippen LogP contribution in [0.3, 0.4) is 0 Å². The average Bonchev–Trinajstić information content (AvgIpc) is 2.97. The summed E-state index contributed by atoms with van der Waals surface area (Å²) < 4.78 is 5.44. The van der Waals surface area contributed by atoms with Gasteiger partial charge >= 0.3 is 0 Å². The molecule has 1 fully saturated rings. The van der Waals surface area contributed by atoms with Gasteiger partial charge in [-0.05, 0) is 48.6 Å². The van der Waals surface area contributed by atoms with Crippen LogP contribution in [0.2, 0.25) is 0 Å². The highest BCUT2D eigenvalue weighted by Crippen LogP contribution is 2.22. The van der Waals surface area contributed by atoms with Crippen LogP contribution in [0.1, 0.15) is 54.4 Å². The number of nitrogens with zero attached hydrogens (tertiary/aromatic N) is 1. The maximum absolute atomic E-state index is 13.9. The van der Waals surface area contributed by atoms with E-state index in [4.69, 9.17) is 4.74 Å². The molecule has 1 N–H and O–H groups in total. The largest absolute Gasteiger partial charge is 0.497 e. The molecule has 0 spiro atoms. The van der Waals surface area contributed by atoms with Crippen molar-refractivity contribution in [1.29, 1.82) is 0 Å². The number of amides is 2. The van der Waals surface area contributed by atoms with Gasteiger partial charge in [-0.25, -0.2) is 0 Å². The van der Waals surface area contributed by atoms with E-state index in [1.807, 2.05) is 54.6 Å². The van der Waals surface area contributed by atoms with Gasteiger partial charge in [-0.3, -0.25) is 9.59 Å². The maximum atomic E-state index is 13.9. The summed E-state index contributed by atoms with van der Waals surface area (Å²) in [4.78, 5) is 29.5. The average molecular weight is 545 g/mol. The minimum Gasteiger partial charge on any atom is -0.497 e. The highest BCUT2D eigenvalue weighted by Gasteiger charge is 2.32. The number of hydrogen-bond acceptors (Lipinski definition) is 4. The van der Waals surface area contributed by atoms with Gasteiger partial charge in [-0.2, -0.15) is 0 Å². The lowest BCUT2D eigenvalue weighted by Gasteiger charge is -2.33. The number of hydrogen-bond donors (Lipinski definition) is 1. The first-order valence-corrected chi connectivity index (χ1v) is 15.1. The smallest absolute Gasteiger partial charge is 0.243 e. The molecule has 1 aliphatic carbocycles. The van der Waals surface area contributed by atoms with Crippen molar-refractivity contribution >= 4 is 23.6 Å². The molecule has 6 heteroatoms. The van der Waals surface area contributed by atoms with Crippen LogP contribution in [0, 0.1) is 6.92 Å². The Kier molecular flexibility index (Phi) is 10.9. The molecule has 4 rings (SSSR count). The van der Waals surface area contributed by atoms with Gasteiger partial charge in [-0.1, -0.05) is 91.6 Å². The molecule has 0 unspecified atom stereocenters. The Hall–Kier alpha value is -3.25. The monoisotopic (exact) mass is 544 g/mol. The molecular weight excluding hydrogens is 504 g/mol. The number of carbonyl (C=O) groups excluding carboxylic acids is 2. The Morgan fingerprint density at radius 2 is 1.64 bits per heavy atom. The zero-order valence-corrected chi connectivity index (χ0v) is 23.9. The van der Waals surface area contributed by atoms with Crippen LogP contribution in [0.25, 0.3) is 0 Å². The van der Waals surface area contributed by atoms with Crippen LogP contribution in [-0.2, 0) is 28.3 Å². The van der Waals surface area contributed by atoms with Crippen LogP contribution in [0.15, 0.2) is 78.9 Å². The van der Waals surface area contributed by atoms with E-state index in [9.17, 15) is 9.59 Å². The summed E-state index contributed by atoms with van der Waals surface area (Å²) in [5, 5.41) is 3.31. The van der Waals surface area contributed by atoms with Crippen molar-refractivity contribution in [3.05, 3.63) is 101 Å². The predicted octanol–water partition coefficient (Wildman–Crippen LogP) is 6.33. The van der Waals surface area contributed by atoms with Gasteiger partial charge in [0.15, 0.2) is 0 Å². The summed E-state index contributed by atoms with van der Waals surface area (Å²) in [5.41, 5.74) is 4.39. The molecule has 0 aliphatic heterocycles. The number of ether oxygens (including phenoxy) is 1. The first-order valence-electron chi connectivity index (χ1n) is 13.9. The van der Waals surface area contributed by atoms with Crippen molar-refractivity contribution in [3.8, 4) is 5.75 Å². The summed E-state index contributed by atoms with van der Waals surface area (Å²) in [7, 11) is 1.64. The van der Waals surface area contributed by atoms with E-state index < -0.39 is 6.04 Å². The van der Waals surface area contributed by atoms with E-state index in [0.29, 0.717) is 18.7 Å². The molecule has 3 aromatic carbocycles. The molecule has 0 heterocycles.